The first-order valence-electron chi connectivity index (χ1n) is 5.19. The summed E-state index contributed by atoms with van der Waals surface area (Å²) in [7, 11) is 0. The molecule has 0 saturated carbocycles. The van der Waals surface area contributed by atoms with Crippen molar-refractivity contribution in [3.8, 4) is 0 Å². The third-order valence-electron chi connectivity index (χ3n) is 2.31. The maximum absolute atomic E-state index is 2.25. The Balaban J connectivity index is 1.94. The summed E-state index contributed by atoms with van der Waals surface area (Å²) in [5.41, 5.74) is 1.45. The molecule has 0 fully saturated rings. The van der Waals surface area contributed by atoms with Crippen LogP contribution in [-0.4, -0.2) is 21.2 Å². The van der Waals surface area contributed by atoms with Crippen molar-refractivity contribution in [1.82, 2.24) is 0 Å². The summed E-state index contributed by atoms with van der Waals surface area (Å²) in [6.45, 7) is 0. The van der Waals surface area contributed by atoms with Gasteiger partial charge in [0.05, 0.1) is 0 Å². The number of hydrogen-bond acceptors (Lipinski definition) is 1. The van der Waals surface area contributed by atoms with Crippen molar-refractivity contribution in [3.05, 3.63) is 60.2 Å². The molecule has 0 unspecified atom stereocenters. The van der Waals surface area contributed by atoms with Gasteiger partial charge in [-0.15, -0.1) is 0 Å². The Bertz CT molecular complexity index is 422. The molecule has 82 valence electrons. The van der Waals surface area contributed by atoms with E-state index in [4.69, 9.17) is 0 Å². The van der Waals surface area contributed by atoms with Crippen molar-refractivity contribution >= 4 is 31.2 Å². The van der Waals surface area contributed by atoms with Crippen LogP contribution in [0.2, 0.25) is 0 Å². The summed E-state index contributed by atoms with van der Waals surface area (Å²) < 4.78 is 1.48. The Morgan fingerprint density at radius 3 is 2.25 bits per heavy atom. The zero-order valence-electron chi connectivity index (χ0n) is 9.22. The van der Waals surface area contributed by atoms with E-state index in [0.717, 1.165) is 0 Å². The summed E-state index contributed by atoms with van der Waals surface area (Å²) in [4.78, 5) is 1.34. The normalized spacial score (nSPS) is 10.3. The van der Waals surface area contributed by atoms with Gasteiger partial charge in [0.2, 0.25) is 0 Å². The van der Waals surface area contributed by atoms with Gasteiger partial charge >= 0.3 is 108 Å². The second-order valence-electron chi connectivity index (χ2n) is 3.45. The molecular weight excluding hydrogens is 279 g/mol. The fourth-order valence-electron chi connectivity index (χ4n) is 1.41. The van der Waals surface area contributed by atoms with Gasteiger partial charge in [-0.3, -0.25) is 0 Å². The predicted octanol–water partition coefficient (Wildman–Crippen LogP) is 2.94. The van der Waals surface area contributed by atoms with Crippen LogP contribution in [0.4, 0.5) is 0 Å². The number of rotatable bonds is 4. The van der Waals surface area contributed by atoms with Gasteiger partial charge in [0, 0.05) is 0 Å². The van der Waals surface area contributed by atoms with Crippen LogP contribution in [0.3, 0.4) is 0 Å². The molecule has 0 nitrogen and oxygen atoms in total. The van der Waals surface area contributed by atoms with Crippen LogP contribution in [-0.2, 0) is 5.32 Å². The minimum absolute atomic E-state index is 0.558. The van der Waals surface area contributed by atoms with E-state index in [2.05, 4.69) is 60.9 Å². The Hall–Kier alpha value is -0.691. The van der Waals surface area contributed by atoms with Crippen molar-refractivity contribution < 1.29 is 0 Å². The Labute approximate surface area is 108 Å². The van der Waals surface area contributed by atoms with Crippen LogP contribution < -0.4 is 4.46 Å². The topological polar surface area (TPSA) is 0 Å². The van der Waals surface area contributed by atoms with Gasteiger partial charge < -0.3 is 0 Å². The second kappa shape index (κ2) is 6.15. The van der Waals surface area contributed by atoms with E-state index in [1.165, 1.54) is 20.2 Å². The molecule has 0 aromatic heterocycles. The molecule has 2 aromatic rings. The predicted molar refractivity (Wildman–Crippen MR) is 73.8 cm³/mol. The first kappa shape index (κ1) is 11.8. The summed E-state index contributed by atoms with van der Waals surface area (Å²) in [6.07, 6.45) is 2.11. The van der Waals surface area contributed by atoms with Crippen LogP contribution in [0, 0.1) is 0 Å². The van der Waals surface area contributed by atoms with Crippen molar-refractivity contribution in [1.29, 1.82) is 0 Å². The van der Waals surface area contributed by atoms with Crippen LogP contribution in [0.15, 0.2) is 59.5 Å². The zero-order chi connectivity index (χ0) is 11.2. The minimum atomic E-state index is 0.558. The molecule has 2 rings (SSSR count). The monoisotopic (exact) mass is 294 g/mol. The summed E-state index contributed by atoms with van der Waals surface area (Å²) >= 11 is 2.35. The second-order valence-corrected chi connectivity index (χ2v) is 6.53. The summed E-state index contributed by atoms with van der Waals surface area (Å²) in [6, 6.07) is 19.7. The van der Waals surface area contributed by atoms with E-state index < -0.39 is 0 Å². The SMILES string of the molecule is CSc1ccc(C[Se]c2ccccc2)cc1. The number of hydrogen-bond donors (Lipinski definition) is 0. The van der Waals surface area contributed by atoms with Crippen molar-refractivity contribution in [3.63, 3.8) is 0 Å². The van der Waals surface area contributed by atoms with Crippen LogP contribution >= 0.6 is 11.8 Å². The molecule has 16 heavy (non-hydrogen) atoms. The maximum atomic E-state index is 2.25. The van der Waals surface area contributed by atoms with Gasteiger partial charge in [0.15, 0.2) is 0 Å². The summed E-state index contributed by atoms with van der Waals surface area (Å²) in [5.74, 6) is 0. The Kier molecular flexibility index (Phi) is 4.53. The number of benzene rings is 2. The van der Waals surface area contributed by atoms with E-state index in [0.29, 0.717) is 15.0 Å². The van der Waals surface area contributed by atoms with Crippen LogP contribution in [0.1, 0.15) is 5.56 Å². The van der Waals surface area contributed by atoms with Crippen molar-refractivity contribution in [2.75, 3.05) is 6.26 Å². The fraction of sp³-hybridized carbons (Fsp3) is 0.143. The van der Waals surface area contributed by atoms with E-state index in [1.807, 2.05) is 0 Å². The molecule has 0 aliphatic carbocycles. The molecule has 0 spiro atoms. The van der Waals surface area contributed by atoms with Gasteiger partial charge in [-0.2, -0.15) is 0 Å². The van der Waals surface area contributed by atoms with E-state index in [9.17, 15) is 0 Å². The molecule has 0 atom stereocenters. The third kappa shape index (κ3) is 3.41. The molecule has 0 aliphatic rings. The van der Waals surface area contributed by atoms with Crippen molar-refractivity contribution in [2.45, 2.75) is 10.2 Å². The van der Waals surface area contributed by atoms with E-state index in [1.54, 1.807) is 11.8 Å². The molecule has 0 amide bonds. The standard InChI is InChI=1S/C14H14SSe/c1-15-13-9-7-12(8-10-13)11-16-14-5-3-2-4-6-14/h2-10H,11H2,1H3. The third-order valence-corrected chi connectivity index (χ3v) is 5.32. The van der Waals surface area contributed by atoms with Gasteiger partial charge in [-0.25, -0.2) is 0 Å². The zero-order valence-corrected chi connectivity index (χ0v) is 11.7. The van der Waals surface area contributed by atoms with Gasteiger partial charge in [-0.05, 0) is 0 Å². The van der Waals surface area contributed by atoms with Gasteiger partial charge in [0.25, 0.3) is 0 Å². The molecular formula is C14H14SSe. The molecule has 0 heterocycles. The Morgan fingerprint density at radius 2 is 1.62 bits per heavy atom. The van der Waals surface area contributed by atoms with Crippen molar-refractivity contribution in [2.24, 2.45) is 0 Å². The molecule has 0 bridgehead atoms. The van der Waals surface area contributed by atoms with E-state index >= 15 is 0 Å². The average Bonchev–Trinajstić information content (AvgIpc) is 2.38. The van der Waals surface area contributed by atoms with Crippen LogP contribution in [0.5, 0.6) is 0 Å². The quantitative estimate of drug-likeness (QED) is 0.617. The molecule has 2 heteroatoms. The first-order valence-corrected chi connectivity index (χ1v) is 8.48. The average molecular weight is 293 g/mol. The molecule has 0 radical (unpaired) electrons. The number of thioether (sulfide) groups is 1. The van der Waals surface area contributed by atoms with E-state index in [-0.39, 0.29) is 0 Å². The first-order chi connectivity index (χ1) is 7.88. The Morgan fingerprint density at radius 1 is 0.938 bits per heavy atom. The molecule has 2 aromatic carbocycles. The van der Waals surface area contributed by atoms with Gasteiger partial charge in [-0.1, -0.05) is 0 Å². The molecule has 0 saturated heterocycles. The fourth-order valence-corrected chi connectivity index (χ4v) is 3.65. The van der Waals surface area contributed by atoms with Crippen LogP contribution in [0.25, 0.3) is 0 Å². The molecule has 0 N–H and O–H groups in total. The van der Waals surface area contributed by atoms with Gasteiger partial charge in [0.1, 0.15) is 0 Å². The summed E-state index contributed by atoms with van der Waals surface area (Å²) in [5, 5.41) is 1.19. The molecule has 0 aliphatic heterocycles.